The van der Waals surface area contributed by atoms with Crippen molar-refractivity contribution in [2.75, 3.05) is 44.0 Å². The van der Waals surface area contributed by atoms with Crippen LogP contribution >= 0.6 is 0 Å². The molecule has 1 unspecified atom stereocenters. The van der Waals surface area contributed by atoms with Crippen LogP contribution in [0.4, 0.5) is 10.6 Å². The molecule has 3 rings (SSSR count). The van der Waals surface area contributed by atoms with Gasteiger partial charge in [0.2, 0.25) is 11.1 Å². The minimum atomic E-state index is -3.66. The molecule has 2 saturated heterocycles. The molecule has 13 heteroatoms. The fourth-order valence-electron chi connectivity index (χ4n) is 4.54. The molecule has 10 nitrogen and oxygen atoms in total. The van der Waals surface area contributed by atoms with Gasteiger partial charge in [-0.05, 0) is 57.7 Å². The molecule has 0 aromatic carbocycles. The number of nitrogens with zero attached hydrogens (tertiary/aromatic N) is 3. The van der Waals surface area contributed by atoms with E-state index >= 15 is 0 Å². The third-order valence-corrected chi connectivity index (χ3v) is 9.05. The number of carbonyl (C=O) groups is 1. The Morgan fingerprint density at radius 2 is 1.91 bits per heavy atom. The number of hydrogen-bond acceptors (Lipinski definition) is 8. The summed E-state index contributed by atoms with van der Waals surface area (Å²) in [7, 11) is -3.66. The second-order valence-corrected chi connectivity index (χ2v) is 13.1. The number of pyridine rings is 1. The number of piperidine rings is 1. The van der Waals surface area contributed by atoms with Crippen molar-refractivity contribution in [1.29, 1.82) is 0 Å². The number of ether oxygens (including phenoxy) is 2. The van der Waals surface area contributed by atoms with Crippen LogP contribution in [0.15, 0.2) is 17.2 Å². The Morgan fingerprint density at radius 1 is 1.29 bits per heavy atom. The summed E-state index contributed by atoms with van der Waals surface area (Å²) in [6, 6.07) is 3.15. The zero-order valence-corrected chi connectivity index (χ0v) is 22.1. The van der Waals surface area contributed by atoms with Gasteiger partial charge in [-0.1, -0.05) is 6.92 Å². The van der Waals surface area contributed by atoms with Crippen LogP contribution in [0.5, 0.6) is 0 Å². The summed E-state index contributed by atoms with van der Waals surface area (Å²) in [6.07, 6.45) is 1.76. The fourth-order valence-corrected chi connectivity index (χ4v) is 6.41. The van der Waals surface area contributed by atoms with Crippen LogP contribution < -0.4 is 4.90 Å². The number of morpholine rings is 1. The number of carbonyl (C=O) groups excluding carboxylic acids is 1. The first-order valence-electron chi connectivity index (χ1n) is 11.4. The van der Waals surface area contributed by atoms with E-state index in [0.717, 1.165) is 6.42 Å². The summed E-state index contributed by atoms with van der Waals surface area (Å²) in [5.74, 6) is 0.461. The Bertz CT molecular complexity index is 1040. The predicted octanol–water partition coefficient (Wildman–Crippen LogP) is 1.90. The number of sulfone groups is 1. The van der Waals surface area contributed by atoms with Gasteiger partial charge in [0.05, 0.1) is 19.3 Å². The molecule has 3 heterocycles. The molecule has 1 aromatic rings. The number of anilines is 1. The normalized spacial score (nSPS) is 21.7. The molecule has 194 valence electrons. The molecule has 0 radical (unpaired) electrons. The van der Waals surface area contributed by atoms with E-state index < -0.39 is 37.4 Å². The molecule has 2 atom stereocenters. The average Bonchev–Trinajstić information content (AvgIpc) is 2.76. The number of aromatic nitrogens is 1. The van der Waals surface area contributed by atoms with Crippen molar-refractivity contribution in [2.24, 2.45) is 0 Å². The van der Waals surface area contributed by atoms with E-state index in [1.54, 1.807) is 26.8 Å². The molecule has 2 aliphatic heterocycles. The van der Waals surface area contributed by atoms with E-state index in [1.165, 1.54) is 17.2 Å². The summed E-state index contributed by atoms with van der Waals surface area (Å²) < 4.78 is 57.9. The van der Waals surface area contributed by atoms with E-state index in [2.05, 4.69) is 4.98 Å². The quantitative estimate of drug-likeness (QED) is 0.439. The van der Waals surface area contributed by atoms with Crippen LogP contribution in [0.25, 0.3) is 0 Å². The first-order valence-corrected chi connectivity index (χ1v) is 14.4. The zero-order valence-electron chi connectivity index (χ0n) is 20.4. The zero-order chi connectivity index (χ0) is 25.3. The van der Waals surface area contributed by atoms with Crippen molar-refractivity contribution in [1.82, 2.24) is 9.88 Å². The molecule has 35 heavy (non-hydrogen) atoms. The van der Waals surface area contributed by atoms with Gasteiger partial charge in [0.15, 0.2) is 14.9 Å². The summed E-state index contributed by atoms with van der Waals surface area (Å²) in [4.78, 5) is 20.4. The summed E-state index contributed by atoms with van der Waals surface area (Å²) in [6.45, 7) is 9.26. The molecule has 0 bridgehead atoms. The van der Waals surface area contributed by atoms with Gasteiger partial charge in [0.25, 0.3) is 0 Å². The van der Waals surface area contributed by atoms with Gasteiger partial charge in [-0.15, -0.1) is 0 Å². The topological polar surface area (TPSA) is 126 Å². The Balaban J connectivity index is 0.00000432. The molecule has 1 amide bonds. The van der Waals surface area contributed by atoms with Crippen LogP contribution in [0, 0.1) is 0 Å². The van der Waals surface area contributed by atoms with Crippen molar-refractivity contribution in [3.63, 3.8) is 0 Å². The van der Waals surface area contributed by atoms with E-state index in [-0.39, 0.29) is 66.6 Å². The maximum atomic E-state index is 13.2. The third-order valence-electron chi connectivity index (χ3n) is 6.42. The number of rotatable bonds is 5. The molecule has 0 saturated carbocycles. The van der Waals surface area contributed by atoms with Gasteiger partial charge >= 0.3 is 35.7 Å². The monoisotopic (exact) mass is 541 g/mol. The molecule has 1 N–H and O–H groups in total. The van der Waals surface area contributed by atoms with Crippen LogP contribution in [-0.2, 0) is 35.1 Å². The first-order chi connectivity index (χ1) is 15.8. The van der Waals surface area contributed by atoms with Crippen LogP contribution in [0.3, 0.4) is 0 Å². The van der Waals surface area contributed by atoms with Crippen LogP contribution in [-0.4, -0.2) is 113 Å². The standard InChI is InChI=1S/C22H35N3O7S2.Na.H/c1-6-17-15-31-12-11-25(17)18-13-16(14-19(23-18)33(27)28)22(34(5,29)30)7-9-24(10-8-22)20(26)32-21(2,3)4;;/h13-14,17H,6-12,15H2,1-5H3,(H,27,28);;. The van der Waals surface area contributed by atoms with E-state index in [1.807, 2.05) is 11.8 Å². The molecular formula is C22H36N3NaO7S2. The van der Waals surface area contributed by atoms with E-state index in [9.17, 15) is 22.0 Å². The summed E-state index contributed by atoms with van der Waals surface area (Å²) in [5, 5.41) is -0.0913. The Hall–Kier alpha value is -0.760. The van der Waals surface area contributed by atoms with Crippen LogP contribution in [0.2, 0.25) is 0 Å². The van der Waals surface area contributed by atoms with Crippen molar-refractivity contribution in [3.8, 4) is 0 Å². The maximum absolute atomic E-state index is 13.2. The molecule has 2 fully saturated rings. The van der Waals surface area contributed by atoms with Gasteiger partial charge in [-0.25, -0.2) is 22.4 Å². The molecular weight excluding hydrogens is 505 g/mol. The molecule has 0 aliphatic carbocycles. The number of amides is 1. The second kappa shape index (κ2) is 11.7. The third kappa shape index (κ3) is 6.97. The van der Waals surface area contributed by atoms with Gasteiger partial charge in [0, 0.05) is 25.9 Å². The van der Waals surface area contributed by atoms with Crippen molar-refractivity contribution in [2.45, 2.75) is 68.4 Å². The second-order valence-electron chi connectivity index (χ2n) is 9.87. The van der Waals surface area contributed by atoms with Crippen LogP contribution in [0.1, 0.15) is 52.5 Å². The summed E-state index contributed by atoms with van der Waals surface area (Å²) >= 11 is -2.39. The van der Waals surface area contributed by atoms with Gasteiger partial charge in [0.1, 0.15) is 16.2 Å². The number of likely N-dealkylation sites (tertiary alicyclic amines) is 1. The predicted molar refractivity (Wildman–Crippen MR) is 136 cm³/mol. The van der Waals surface area contributed by atoms with Crippen molar-refractivity contribution in [3.05, 3.63) is 17.7 Å². The van der Waals surface area contributed by atoms with Gasteiger partial charge < -0.3 is 23.8 Å². The minimum absolute atomic E-state index is 0. The molecule has 1 aromatic heterocycles. The first kappa shape index (κ1) is 30.5. The van der Waals surface area contributed by atoms with Crippen molar-refractivity contribution < 1.29 is 31.4 Å². The molecule has 0 spiro atoms. The van der Waals surface area contributed by atoms with E-state index in [0.29, 0.717) is 31.1 Å². The Kier molecular flexibility index (Phi) is 10.2. The van der Waals surface area contributed by atoms with Gasteiger partial charge in [-0.3, -0.25) is 0 Å². The SMILES string of the molecule is CCC1COCCN1c1cc(C2(S(C)(=O)=O)CCN(C(=O)OC(C)(C)C)CC2)cc([S@@](=O)O)n1.[NaH]. The van der Waals surface area contributed by atoms with E-state index in [4.69, 9.17) is 9.47 Å². The number of hydrogen-bond donors (Lipinski definition) is 1. The van der Waals surface area contributed by atoms with Crippen molar-refractivity contribution >= 4 is 62.4 Å². The average molecular weight is 542 g/mol. The molecule has 2 aliphatic rings. The Morgan fingerprint density at radius 3 is 2.43 bits per heavy atom. The summed E-state index contributed by atoms with van der Waals surface area (Å²) in [5.41, 5.74) is -0.237. The fraction of sp³-hybridized carbons (Fsp3) is 0.727. The Labute approximate surface area is 232 Å². The van der Waals surface area contributed by atoms with Gasteiger partial charge in [-0.2, -0.15) is 0 Å².